The van der Waals surface area contributed by atoms with E-state index in [1.807, 2.05) is 5.38 Å². The third kappa shape index (κ3) is 3.54. The first-order valence-electron chi connectivity index (χ1n) is 3.65. The molecule has 1 aromatic heterocycles. The minimum Gasteiger partial charge on any atom is -0.376 e. The van der Waals surface area contributed by atoms with Crippen molar-refractivity contribution in [3.8, 4) is 0 Å². The quantitative estimate of drug-likeness (QED) is 0.312. The average Bonchev–Trinajstić information content (AvgIpc) is 2.47. The smallest absolute Gasteiger partial charge is 0.212 e. The molecule has 0 aliphatic heterocycles. The standard InChI is InChI=1S/C6H10N6S2/c7-4(8)12-6-11-3(2-14-6)1-10-5(9)13/h2H,1H2,(H3,9,10,13)(H4,7,8,11,12). The summed E-state index contributed by atoms with van der Waals surface area (Å²) >= 11 is 5.99. The van der Waals surface area contributed by atoms with Gasteiger partial charge in [0, 0.05) is 5.38 Å². The third-order valence-electron chi connectivity index (χ3n) is 1.21. The van der Waals surface area contributed by atoms with Crippen LogP contribution in [0.25, 0.3) is 0 Å². The SMILES string of the molecule is NC(=S)NCc1csc(N=C(N)N)n1. The van der Waals surface area contributed by atoms with Crippen molar-refractivity contribution in [1.29, 1.82) is 0 Å². The highest BCUT2D eigenvalue weighted by molar-refractivity contribution is 7.80. The molecule has 0 amide bonds. The summed E-state index contributed by atoms with van der Waals surface area (Å²) in [5.41, 5.74) is 16.4. The van der Waals surface area contributed by atoms with E-state index < -0.39 is 0 Å². The molecule has 1 rings (SSSR count). The van der Waals surface area contributed by atoms with E-state index in [1.54, 1.807) is 0 Å². The van der Waals surface area contributed by atoms with E-state index in [0.717, 1.165) is 5.69 Å². The van der Waals surface area contributed by atoms with E-state index in [4.69, 9.17) is 17.2 Å². The molecule has 0 unspecified atom stereocenters. The zero-order chi connectivity index (χ0) is 10.6. The Bertz CT molecular complexity index is 353. The Morgan fingerprint density at radius 3 is 2.86 bits per heavy atom. The molecule has 6 nitrogen and oxygen atoms in total. The summed E-state index contributed by atoms with van der Waals surface area (Å²) < 4.78 is 0. The number of aliphatic imine (C=N–C) groups is 1. The van der Waals surface area contributed by atoms with Crippen LogP contribution in [0.3, 0.4) is 0 Å². The molecular formula is C6H10N6S2. The molecule has 8 heteroatoms. The number of nitrogens with zero attached hydrogens (tertiary/aromatic N) is 2. The number of guanidine groups is 1. The van der Waals surface area contributed by atoms with Crippen LogP contribution in [0.1, 0.15) is 5.69 Å². The van der Waals surface area contributed by atoms with Crippen molar-refractivity contribution in [2.24, 2.45) is 22.2 Å². The van der Waals surface area contributed by atoms with E-state index >= 15 is 0 Å². The van der Waals surface area contributed by atoms with Crippen LogP contribution in [-0.2, 0) is 6.54 Å². The van der Waals surface area contributed by atoms with Crippen LogP contribution >= 0.6 is 23.6 Å². The maximum Gasteiger partial charge on any atom is 0.212 e. The van der Waals surface area contributed by atoms with Crippen LogP contribution in [0.5, 0.6) is 0 Å². The van der Waals surface area contributed by atoms with Gasteiger partial charge < -0.3 is 22.5 Å². The summed E-state index contributed by atoms with van der Waals surface area (Å²) in [7, 11) is 0. The minimum atomic E-state index is -0.00629. The number of thiazole rings is 1. The lowest BCUT2D eigenvalue weighted by Crippen LogP contribution is -2.28. The van der Waals surface area contributed by atoms with Gasteiger partial charge in [-0.2, -0.15) is 4.99 Å². The molecule has 1 aromatic rings. The summed E-state index contributed by atoms with van der Waals surface area (Å²) in [6.07, 6.45) is 0. The first-order chi connectivity index (χ1) is 6.58. The van der Waals surface area contributed by atoms with Crippen LogP contribution in [0.2, 0.25) is 0 Å². The van der Waals surface area contributed by atoms with Gasteiger partial charge in [-0.1, -0.05) is 0 Å². The first kappa shape index (κ1) is 10.7. The Hall–Kier alpha value is -1.41. The third-order valence-corrected chi connectivity index (χ3v) is 2.14. The highest BCUT2D eigenvalue weighted by Gasteiger charge is 2.00. The highest BCUT2D eigenvalue weighted by Crippen LogP contribution is 2.17. The monoisotopic (exact) mass is 230 g/mol. The fourth-order valence-electron chi connectivity index (χ4n) is 0.717. The lowest BCUT2D eigenvalue weighted by molar-refractivity contribution is 0.888. The van der Waals surface area contributed by atoms with Crippen molar-refractivity contribution >= 4 is 39.8 Å². The highest BCUT2D eigenvalue weighted by atomic mass is 32.1. The largest absolute Gasteiger partial charge is 0.376 e. The van der Waals surface area contributed by atoms with E-state index in [0.29, 0.717) is 11.7 Å². The van der Waals surface area contributed by atoms with Crippen molar-refractivity contribution in [2.45, 2.75) is 6.54 Å². The van der Waals surface area contributed by atoms with E-state index in [9.17, 15) is 0 Å². The van der Waals surface area contributed by atoms with E-state index in [-0.39, 0.29) is 11.1 Å². The van der Waals surface area contributed by atoms with Gasteiger partial charge in [-0.25, -0.2) is 4.98 Å². The van der Waals surface area contributed by atoms with Crippen LogP contribution in [0, 0.1) is 0 Å². The Balaban J connectivity index is 2.59. The molecule has 0 atom stereocenters. The molecule has 0 spiro atoms. The molecular weight excluding hydrogens is 220 g/mol. The molecule has 0 radical (unpaired) electrons. The normalized spacial score (nSPS) is 9.43. The van der Waals surface area contributed by atoms with Crippen molar-refractivity contribution in [3.05, 3.63) is 11.1 Å². The van der Waals surface area contributed by atoms with Gasteiger partial charge in [0.2, 0.25) is 5.13 Å². The lowest BCUT2D eigenvalue weighted by Gasteiger charge is -1.98. The maximum atomic E-state index is 5.26. The fourth-order valence-corrected chi connectivity index (χ4v) is 1.49. The topological polar surface area (TPSA) is 115 Å². The average molecular weight is 230 g/mol. The number of hydrogen-bond donors (Lipinski definition) is 4. The van der Waals surface area contributed by atoms with Gasteiger partial charge in [-0.05, 0) is 12.2 Å². The Kier molecular flexibility index (Phi) is 3.60. The summed E-state index contributed by atoms with van der Waals surface area (Å²) in [6.45, 7) is 0.478. The molecule has 14 heavy (non-hydrogen) atoms. The van der Waals surface area contributed by atoms with Gasteiger partial charge in [0.25, 0.3) is 0 Å². The molecule has 7 N–H and O–H groups in total. The molecule has 76 valence electrons. The molecule has 0 saturated carbocycles. The number of nitrogens with one attached hydrogen (secondary N) is 1. The summed E-state index contributed by atoms with van der Waals surface area (Å²) in [6, 6.07) is 0. The molecule has 0 fully saturated rings. The molecule has 0 bridgehead atoms. The molecule has 0 saturated heterocycles. The zero-order valence-corrected chi connectivity index (χ0v) is 8.86. The van der Waals surface area contributed by atoms with E-state index in [1.165, 1.54) is 11.3 Å². The predicted molar refractivity (Wildman–Crippen MR) is 61.2 cm³/mol. The minimum absolute atomic E-state index is 0.00629. The summed E-state index contributed by atoms with van der Waals surface area (Å²) in [5, 5.41) is 5.35. The predicted octanol–water partition coefficient (Wildman–Crippen LogP) is -0.619. The van der Waals surface area contributed by atoms with Gasteiger partial charge in [0.15, 0.2) is 11.1 Å². The maximum absolute atomic E-state index is 5.26. The Morgan fingerprint density at radius 1 is 1.57 bits per heavy atom. The first-order valence-corrected chi connectivity index (χ1v) is 4.94. The van der Waals surface area contributed by atoms with Gasteiger partial charge in [-0.15, -0.1) is 11.3 Å². The molecule has 0 aliphatic carbocycles. The summed E-state index contributed by atoms with van der Waals surface area (Å²) in [5.74, 6) is -0.00629. The summed E-state index contributed by atoms with van der Waals surface area (Å²) in [4.78, 5) is 7.91. The van der Waals surface area contributed by atoms with Crippen LogP contribution in [0.15, 0.2) is 10.4 Å². The van der Waals surface area contributed by atoms with Gasteiger partial charge >= 0.3 is 0 Å². The number of hydrogen-bond acceptors (Lipinski definition) is 4. The van der Waals surface area contributed by atoms with Gasteiger partial charge in [0.05, 0.1) is 12.2 Å². The number of nitrogens with two attached hydrogens (primary N) is 3. The fraction of sp³-hybridized carbons (Fsp3) is 0.167. The van der Waals surface area contributed by atoms with Crippen molar-refractivity contribution in [3.63, 3.8) is 0 Å². The molecule has 0 aliphatic rings. The lowest BCUT2D eigenvalue weighted by atomic mass is 10.5. The van der Waals surface area contributed by atoms with E-state index in [2.05, 4.69) is 27.5 Å². The number of thiocarbonyl (C=S) groups is 1. The van der Waals surface area contributed by atoms with Crippen LogP contribution in [-0.4, -0.2) is 16.1 Å². The second-order valence-electron chi connectivity index (χ2n) is 2.38. The van der Waals surface area contributed by atoms with Crippen molar-refractivity contribution in [2.75, 3.05) is 0 Å². The van der Waals surface area contributed by atoms with Crippen molar-refractivity contribution in [1.82, 2.24) is 10.3 Å². The Labute approximate surface area is 90.2 Å². The van der Waals surface area contributed by atoms with Gasteiger partial charge in [-0.3, -0.25) is 0 Å². The molecule has 0 aromatic carbocycles. The van der Waals surface area contributed by atoms with Gasteiger partial charge in [0.1, 0.15) is 0 Å². The Morgan fingerprint density at radius 2 is 2.29 bits per heavy atom. The van der Waals surface area contributed by atoms with Crippen LogP contribution < -0.4 is 22.5 Å². The van der Waals surface area contributed by atoms with Crippen LogP contribution in [0.4, 0.5) is 5.13 Å². The second kappa shape index (κ2) is 4.72. The zero-order valence-electron chi connectivity index (χ0n) is 7.23. The van der Waals surface area contributed by atoms with Crippen molar-refractivity contribution < 1.29 is 0 Å². The number of rotatable bonds is 3. The number of aromatic nitrogens is 1. The molecule has 1 heterocycles. The second-order valence-corrected chi connectivity index (χ2v) is 3.65.